The highest BCUT2D eigenvalue weighted by Gasteiger charge is 2.22. The summed E-state index contributed by atoms with van der Waals surface area (Å²) in [5.74, 6) is 3.18. The molecule has 0 saturated heterocycles. The van der Waals surface area contributed by atoms with Crippen LogP contribution in [0.1, 0.15) is 0 Å². The molecule has 10 nitrogen and oxygen atoms in total. The molecule has 0 N–H and O–H groups in total. The first-order chi connectivity index (χ1) is 28.4. The molecule has 0 aliphatic rings. The number of anilines is 6. The third-order valence-corrected chi connectivity index (χ3v) is 9.90. The molecule has 8 aromatic rings. The number of methoxy groups -OCH3 is 4. The van der Waals surface area contributed by atoms with Crippen molar-refractivity contribution in [1.82, 2.24) is 0 Å². The van der Waals surface area contributed by atoms with E-state index in [9.17, 15) is 9.59 Å². The summed E-state index contributed by atoms with van der Waals surface area (Å²) < 4.78 is 33.1. The van der Waals surface area contributed by atoms with E-state index in [1.807, 2.05) is 146 Å². The molecule has 0 atom stereocenters. The average molecular weight is 771 g/mol. The lowest BCUT2D eigenvalue weighted by Crippen LogP contribution is -2.11. The van der Waals surface area contributed by atoms with Gasteiger partial charge in [0.1, 0.15) is 28.8 Å². The molecule has 8 rings (SSSR count). The highest BCUT2D eigenvalue weighted by Crippen LogP contribution is 2.42. The van der Waals surface area contributed by atoms with Crippen molar-refractivity contribution in [2.24, 2.45) is 0 Å². The molecule has 0 amide bonds. The fourth-order valence-electron chi connectivity index (χ4n) is 6.97. The molecular weight excluding hydrogens is 733 g/mol. The molecule has 58 heavy (non-hydrogen) atoms. The summed E-state index contributed by atoms with van der Waals surface area (Å²) in [6, 6.07) is 47.9. The van der Waals surface area contributed by atoms with Gasteiger partial charge in [0, 0.05) is 45.3 Å². The van der Waals surface area contributed by atoms with Gasteiger partial charge in [0.25, 0.3) is 0 Å². The maximum atomic E-state index is 13.5. The normalized spacial score (nSPS) is 10.9. The average Bonchev–Trinajstić information content (AvgIpc) is 3.28. The molecule has 10 heteroatoms. The minimum absolute atomic E-state index is 0.124. The molecule has 0 bridgehead atoms. The van der Waals surface area contributed by atoms with Crippen LogP contribution in [0.15, 0.2) is 176 Å². The Labute approximate surface area is 334 Å². The van der Waals surface area contributed by atoms with Crippen molar-refractivity contribution >= 4 is 44.9 Å². The Balaban J connectivity index is 1.24. The number of hydrogen-bond acceptors (Lipinski definition) is 10. The van der Waals surface area contributed by atoms with Crippen molar-refractivity contribution in [3.05, 3.63) is 179 Å². The van der Waals surface area contributed by atoms with Gasteiger partial charge in [0.15, 0.2) is 0 Å². The second-order valence-electron chi connectivity index (χ2n) is 13.1. The van der Waals surface area contributed by atoms with Gasteiger partial charge in [-0.1, -0.05) is 12.1 Å². The first kappa shape index (κ1) is 37.2. The number of ether oxygens (including phenoxy) is 4. The smallest absolute Gasteiger partial charge is 0.344 e. The van der Waals surface area contributed by atoms with Crippen LogP contribution >= 0.6 is 0 Å². The van der Waals surface area contributed by atoms with Crippen LogP contribution in [0.2, 0.25) is 0 Å². The lowest BCUT2D eigenvalue weighted by Gasteiger charge is -2.26. The van der Waals surface area contributed by atoms with E-state index in [0.717, 1.165) is 57.1 Å². The Morgan fingerprint density at radius 1 is 0.397 bits per heavy atom. The summed E-state index contributed by atoms with van der Waals surface area (Å²) in [5.41, 5.74) is 5.65. The van der Waals surface area contributed by atoms with E-state index >= 15 is 0 Å². The van der Waals surface area contributed by atoms with Crippen LogP contribution in [-0.4, -0.2) is 28.4 Å². The minimum atomic E-state index is -0.648. The Kier molecular flexibility index (Phi) is 10.4. The Hall–Kier alpha value is -7.72. The van der Waals surface area contributed by atoms with Crippen LogP contribution in [0.5, 0.6) is 23.0 Å². The van der Waals surface area contributed by atoms with Gasteiger partial charge < -0.3 is 37.6 Å². The van der Waals surface area contributed by atoms with E-state index in [-0.39, 0.29) is 16.5 Å². The number of nitrogens with zero attached hydrogens (tertiary/aromatic N) is 2. The van der Waals surface area contributed by atoms with E-state index in [1.54, 1.807) is 28.4 Å². The first-order valence-electron chi connectivity index (χ1n) is 18.3. The quantitative estimate of drug-likeness (QED) is 0.119. The van der Waals surface area contributed by atoms with Crippen molar-refractivity contribution in [2.75, 3.05) is 38.2 Å². The lowest BCUT2D eigenvalue weighted by molar-refractivity contribution is 0.414. The molecule has 0 saturated carbocycles. The second kappa shape index (κ2) is 16.2. The monoisotopic (exact) mass is 770 g/mol. The molecule has 0 aliphatic heterocycles. The summed E-state index contributed by atoms with van der Waals surface area (Å²) in [6.45, 7) is 0. The van der Waals surface area contributed by atoms with E-state index in [0.29, 0.717) is 16.7 Å². The van der Waals surface area contributed by atoms with Crippen LogP contribution < -0.4 is 40.0 Å². The number of hydrogen-bond donors (Lipinski definition) is 0. The zero-order valence-corrected chi connectivity index (χ0v) is 32.2. The van der Waals surface area contributed by atoms with Gasteiger partial charge in [-0.25, -0.2) is 9.59 Å². The largest absolute Gasteiger partial charge is 0.497 e. The standard InChI is InChI=1S/C48H38N2O8/c1-53-39-21-13-35(14-22-39)49(36-15-23-40(54-2)24-16-36)33-9-5-31(6-10-33)44-45-43(29-30-57-48(45)52)47(51)58-46(44)32-7-11-34(12-8-32)50(37-17-25-41(55-3)26-18-37)38-19-27-42(56-4)28-20-38/h5-30H,1-4H3. The van der Waals surface area contributed by atoms with E-state index in [4.69, 9.17) is 27.8 Å². The molecular formula is C48H38N2O8. The second-order valence-corrected chi connectivity index (χ2v) is 13.1. The molecule has 2 aromatic heterocycles. The summed E-state index contributed by atoms with van der Waals surface area (Å²) in [6.07, 6.45) is 1.21. The minimum Gasteiger partial charge on any atom is -0.497 e. The van der Waals surface area contributed by atoms with Crippen LogP contribution in [0.4, 0.5) is 34.1 Å². The van der Waals surface area contributed by atoms with Crippen LogP contribution in [0.3, 0.4) is 0 Å². The summed E-state index contributed by atoms with van der Waals surface area (Å²) in [5, 5.41) is 0.254. The van der Waals surface area contributed by atoms with E-state index in [1.165, 1.54) is 12.3 Å². The zero-order valence-electron chi connectivity index (χ0n) is 32.2. The van der Waals surface area contributed by atoms with Crippen molar-refractivity contribution in [3.8, 4) is 45.4 Å². The fourth-order valence-corrected chi connectivity index (χ4v) is 6.97. The van der Waals surface area contributed by atoms with Gasteiger partial charge in [0.05, 0.1) is 45.5 Å². The molecule has 0 radical (unpaired) electrons. The van der Waals surface area contributed by atoms with Crippen molar-refractivity contribution < 1.29 is 27.8 Å². The zero-order chi connectivity index (χ0) is 40.2. The molecule has 288 valence electrons. The number of benzene rings is 6. The highest BCUT2D eigenvalue weighted by molar-refractivity contribution is 6.01. The van der Waals surface area contributed by atoms with Crippen LogP contribution in [-0.2, 0) is 0 Å². The topological polar surface area (TPSA) is 104 Å². The third kappa shape index (κ3) is 7.22. The Bertz CT molecular complexity index is 2680. The predicted molar refractivity (Wildman–Crippen MR) is 227 cm³/mol. The van der Waals surface area contributed by atoms with Crippen molar-refractivity contribution in [3.63, 3.8) is 0 Å². The molecule has 0 spiro atoms. The molecule has 0 aliphatic carbocycles. The van der Waals surface area contributed by atoms with Gasteiger partial charge in [0.2, 0.25) is 0 Å². The molecule has 0 fully saturated rings. The molecule has 2 heterocycles. The van der Waals surface area contributed by atoms with E-state index < -0.39 is 11.3 Å². The van der Waals surface area contributed by atoms with Gasteiger partial charge in [-0.05, 0) is 145 Å². The molecule has 6 aromatic carbocycles. The lowest BCUT2D eigenvalue weighted by atomic mass is 9.96. The highest BCUT2D eigenvalue weighted by atomic mass is 16.5. The first-order valence-corrected chi connectivity index (χ1v) is 18.3. The number of rotatable bonds is 12. The maximum Gasteiger partial charge on any atom is 0.344 e. The Morgan fingerprint density at radius 3 is 1.07 bits per heavy atom. The van der Waals surface area contributed by atoms with Gasteiger partial charge >= 0.3 is 11.3 Å². The summed E-state index contributed by atoms with van der Waals surface area (Å²) in [4.78, 5) is 31.2. The van der Waals surface area contributed by atoms with E-state index in [2.05, 4.69) is 9.80 Å². The van der Waals surface area contributed by atoms with Gasteiger partial charge in [-0.2, -0.15) is 0 Å². The molecule has 0 unspecified atom stereocenters. The summed E-state index contributed by atoms with van der Waals surface area (Å²) >= 11 is 0. The summed E-state index contributed by atoms with van der Waals surface area (Å²) in [7, 11) is 6.53. The number of fused-ring (bicyclic) bond motifs is 1. The predicted octanol–water partition coefficient (Wildman–Crippen LogP) is 11.1. The SMILES string of the molecule is COc1ccc(N(c2ccc(OC)cc2)c2ccc(-c3oc(=O)c4ccoc(=O)c4c3-c3ccc(N(c4ccc(OC)cc4)c4ccc(OC)cc4)cc3)cc2)cc1. The maximum absolute atomic E-state index is 13.5. The fraction of sp³-hybridized carbons (Fsp3) is 0.0833. The van der Waals surface area contributed by atoms with Crippen LogP contribution in [0.25, 0.3) is 33.2 Å². The van der Waals surface area contributed by atoms with Crippen molar-refractivity contribution in [1.29, 1.82) is 0 Å². The third-order valence-electron chi connectivity index (χ3n) is 9.90. The van der Waals surface area contributed by atoms with Crippen LogP contribution in [0, 0.1) is 0 Å². The van der Waals surface area contributed by atoms with Crippen molar-refractivity contribution in [2.45, 2.75) is 0 Å². The van der Waals surface area contributed by atoms with Gasteiger partial charge in [-0.3, -0.25) is 0 Å². The van der Waals surface area contributed by atoms with Gasteiger partial charge in [-0.15, -0.1) is 0 Å². The Morgan fingerprint density at radius 2 is 0.724 bits per heavy atom.